The molecule has 0 spiro atoms. The number of tetrazole rings is 1. The zero-order chi connectivity index (χ0) is 13.0. The van der Waals surface area contributed by atoms with E-state index < -0.39 is 0 Å². The Morgan fingerprint density at radius 2 is 2.28 bits per heavy atom. The molecule has 2 heterocycles. The summed E-state index contributed by atoms with van der Waals surface area (Å²) in [6, 6.07) is 4.45. The van der Waals surface area contributed by atoms with Crippen LogP contribution in [0.3, 0.4) is 0 Å². The largest absolute Gasteiger partial charge is 0.310 e. The van der Waals surface area contributed by atoms with Crippen molar-refractivity contribution in [2.45, 2.75) is 36.6 Å². The molecule has 2 aromatic rings. The quantitative estimate of drug-likeness (QED) is 0.876. The van der Waals surface area contributed by atoms with Gasteiger partial charge in [-0.05, 0) is 33.8 Å². The van der Waals surface area contributed by atoms with Gasteiger partial charge in [-0.3, -0.25) is 0 Å². The molecule has 0 amide bonds. The van der Waals surface area contributed by atoms with Gasteiger partial charge in [-0.15, -0.1) is 5.10 Å². The Kier molecular flexibility index (Phi) is 4.27. The molecule has 18 heavy (non-hydrogen) atoms. The summed E-state index contributed by atoms with van der Waals surface area (Å²) < 4.78 is 1.64. The minimum absolute atomic E-state index is 0.444. The number of pyridine rings is 1. The summed E-state index contributed by atoms with van der Waals surface area (Å²) in [5.41, 5.74) is 1.15. The van der Waals surface area contributed by atoms with Crippen molar-refractivity contribution >= 4 is 11.8 Å². The molecule has 0 saturated carbocycles. The smallest absolute Gasteiger partial charge is 0.215 e. The van der Waals surface area contributed by atoms with E-state index in [-0.39, 0.29) is 0 Å². The maximum atomic E-state index is 4.39. The number of aryl methyl sites for hydroxylation is 1. The molecular formula is C11H16N6S. The Morgan fingerprint density at radius 1 is 1.44 bits per heavy atom. The van der Waals surface area contributed by atoms with Crippen LogP contribution in [0.15, 0.2) is 28.5 Å². The number of nitrogens with zero attached hydrogens (tertiary/aromatic N) is 5. The molecule has 0 bridgehead atoms. The monoisotopic (exact) mass is 264 g/mol. The van der Waals surface area contributed by atoms with E-state index >= 15 is 0 Å². The van der Waals surface area contributed by atoms with Gasteiger partial charge in [0, 0.05) is 25.8 Å². The highest BCUT2D eigenvalue weighted by atomic mass is 32.2. The Balaban J connectivity index is 2.14. The second-order valence-electron chi connectivity index (χ2n) is 4.19. The summed E-state index contributed by atoms with van der Waals surface area (Å²) >= 11 is 1.47. The van der Waals surface area contributed by atoms with E-state index in [9.17, 15) is 0 Å². The van der Waals surface area contributed by atoms with Gasteiger partial charge in [0.05, 0.1) is 0 Å². The van der Waals surface area contributed by atoms with E-state index in [4.69, 9.17) is 0 Å². The third-order valence-electron chi connectivity index (χ3n) is 2.32. The maximum absolute atomic E-state index is 4.39. The van der Waals surface area contributed by atoms with Crippen molar-refractivity contribution in [2.24, 2.45) is 7.05 Å². The first-order valence-corrected chi connectivity index (χ1v) is 6.56. The van der Waals surface area contributed by atoms with Crippen molar-refractivity contribution < 1.29 is 0 Å². The lowest BCUT2D eigenvalue weighted by atomic mass is 10.2. The molecule has 2 aromatic heterocycles. The lowest BCUT2D eigenvalue weighted by molar-refractivity contribution is 0.582. The molecule has 0 aliphatic heterocycles. The van der Waals surface area contributed by atoms with Gasteiger partial charge in [-0.25, -0.2) is 9.67 Å². The number of hydrogen-bond donors (Lipinski definition) is 1. The molecule has 6 nitrogen and oxygen atoms in total. The second kappa shape index (κ2) is 5.92. The Morgan fingerprint density at radius 3 is 2.94 bits per heavy atom. The van der Waals surface area contributed by atoms with Crippen molar-refractivity contribution in [3.05, 3.63) is 23.9 Å². The first-order chi connectivity index (χ1) is 8.66. The normalized spacial score (nSPS) is 11.1. The van der Waals surface area contributed by atoms with Gasteiger partial charge in [0.25, 0.3) is 0 Å². The first-order valence-electron chi connectivity index (χ1n) is 5.74. The van der Waals surface area contributed by atoms with E-state index in [0.29, 0.717) is 6.04 Å². The van der Waals surface area contributed by atoms with Crippen molar-refractivity contribution in [1.29, 1.82) is 0 Å². The van der Waals surface area contributed by atoms with E-state index in [1.54, 1.807) is 10.9 Å². The van der Waals surface area contributed by atoms with E-state index in [1.165, 1.54) is 11.8 Å². The molecule has 0 aromatic carbocycles. The Bertz CT molecular complexity index is 510. The highest BCUT2D eigenvalue weighted by Gasteiger charge is 2.10. The second-order valence-corrected chi connectivity index (χ2v) is 5.15. The van der Waals surface area contributed by atoms with E-state index in [0.717, 1.165) is 22.3 Å². The van der Waals surface area contributed by atoms with Crippen molar-refractivity contribution in [3.63, 3.8) is 0 Å². The average Bonchev–Trinajstić information content (AvgIpc) is 2.74. The van der Waals surface area contributed by atoms with E-state index in [2.05, 4.69) is 45.7 Å². The van der Waals surface area contributed by atoms with Crippen LogP contribution in [-0.2, 0) is 13.6 Å². The molecule has 0 radical (unpaired) electrons. The van der Waals surface area contributed by atoms with E-state index in [1.807, 2.05) is 13.1 Å². The third kappa shape index (κ3) is 3.27. The molecule has 0 unspecified atom stereocenters. The summed E-state index contributed by atoms with van der Waals surface area (Å²) in [6.07, 6.45) is 1.78. The highest BCUT2D eigenvalue weighted by Crippen LogP contribution is 2.25. The van der Waals surface area contributed by atoms with Gasteiger partial charge in [-0.2, -0.15) is 0 Å². The summed E-state index contributed by atoms with van der Waals surface area (Å²) in [5.74, 6) is 0. The lowest BCUT2D eigenvalue weighted by Gasteiger charge is -2.10. The van der Waals surface area contributed by atoms with Crippen LogP contribution in [0.5, 0.6) is 0 Å². The molecule has 0 aliphatic carbocycles. The Hall–Kier alpha value is -1.47. The topological polar surface area (TPSA) is 68.5 Å². The number of aromatic nitrogens is 5. The average molecular weight is 264 g/mol. The highest BCUT2D eigenvalue weighted by molar-refractivity contribution is 7.99. The first kappa shape index (κ1) is 13.0. The molecule has 7 heteroatoms. The fourth-order valence-electron chi connectivity index (χ4n) is 1.36. The van der Waals surface area contributed by atoms with Crippen LogP contribution >= 0.6 is 11.8 Å². The minimum atomic E-state index is 0.444. The standard InChI is InChI=1S/C11H16N6S/c1-8(2)13-7-9-5-4-6-12-10(9)18-11-14-15-16-17(11)3/h4-6,8,13H,7H2,1-3H3. The van der Waals surface area contributed by atoms with Gasteiger partial charge in [0.1, 0.15) is 5.03 Å². The zero-order valence-electron chi connectivity index (χ0n) is 10.7. The molecule has 1 N–H and O–H groups in total. The number of nitrogens with one attached hydrogen (secondary N) is 1. The van der Waals surface area contributed by atoms with Crippen LogP contribution in [0.1, 0.15) is 19.4 Å². The van der Waals surface area contributed by atoms with Gasteiger partial charge >= 0.3 is 0 Å². The van der Waals surface area contributed by atoms with Crippen LogP contribution < -0.4 is 5.32 Å². The fraction of sp³-hybridized carbons (Fsp3) is 0.455. The van der Waals surface area contributed by atoms with Crippen LogP contribution in [0.2, 0.25) is 0 Å². The van der Waals surface area contributed by atoms with Crippen molar-refractivity contribution in [2.75, 3.05) is 0 Å². The summed E-state index contributed by atoms with van der Waals surface area (Å²) in [7, 11) is 1.82. The summed E-state index contributed by atoms with van der Waals surface area (Å²) in [6.45, 7) is 5.03. The SMILES string of the molecule is CC(C)NCc1cccnc1Sc1nnnn1C. The number of rotatable bonds is 5. The van der Waals surface area contributed by atoms with Crippen LogP contribution in [0, 0.1) is 0 Å². The van der Waals surface area contributed by atoms with Crippen LogP contribution in [0.25, 0.3) is 0 Å². The predicted octanol–water partition coefficient (Wildman–Crippen LogP) is 1.25. The fourth-order valence-corrected chi connectivity index (χ4v) is 2.16. The molecular weight excluding hydrogens is 248 g/mol. The maximum Gasteiger partial charge on any atom is 0.215 e. The number of hydrogen-bond acceptors (Lipinski definition) is 6. The molecule has 0 atom stereocenters. The van der Waals surface area contributed by atoms with Crippen LogP contribution in [-0.4, -0.2) is 31.2 Å². The van der Waals surface area contributed by atoms with Gasteiger partial charge in [-0.1, -0.05) is 19.9 Å². The third-order valence-corrected chi connectivity index (χ3v) is 3.41. The van der Waals surface area contributed by atoms with Crippen LogP contribution in [0.4, 0.5) is 0 Å². The summed E-state index contributed by atoms with van der Waals surface area (Å²) in [5, 5.41) is 16.4. The van der Waals surface area contributed by atoms with Crippen molar-refractivity contribution in [1.82, 2.24) is 30.5 Å². The predicted molar refractivity (Wildman–Crippen MR) is 69.1 cm³/mol. The Labute approximate surface area is 110 Å². The van der Waals surface area contributed by atoms with Crippen molar-refractivity contribution in [3.8, 4) is 0 Å². The van der Waals surface area contributed by atoms with Gasteiger partial charge in [0.15, 0.2) is 0 Å². The molecule has 0 fully saturated rings. The minimum Gasteiger partial charge on any atom is -0.310 e. The summed E-state index contributed by atoms with van der Waals surface area (Å²) in [4.78, 5) is 4.39. The lowest BCUT2D eigenvalue weighted by Crippen LogP contribution is -2.22. The zero-order valence-corrected chi connectivity index (χ0v) is 11.5. The molecule has 0 saturated heterocycles. The molecule has 0 aliphatic rings. The molecule has 2 rings (SSSR count). The van der Waals surface area contributed by atoms with Gasteiger partial charge < -0.3 is 5.32 Å². The molecule has 96 valence electrons. The van der Waals surface area contributed by atoms with Gasteiger partial charge in [0.2, 0.25) is 5.16 Å².